The van der Waals surface area contributed by atoms with Crippen molar-refractivity contribution in [1.29, 1.82) is 0 Å². The summed E-state index contributed by atoms with van der Waals surface area (Å²) >= 11 is 3.42. The summed E-state index contributed by atoms with van der Waals surface area (Å²) in [5, 5.41) is 0. The molecule has 2 atom stereocenters. The van der Waals surface area contributed by atoms with Crippen LogP contribution in [0.15, 0.2) is 0 Å². The summed E-state index contributed by atoms with van der Waals surface area (Å²) in [6.07, 6.45) is 1.73. The van der Waals surface area contributed by atoms with Crippen LogP contribution in [0.3, 0.4) is 0 Å². The third-order valence-electron chi connectivity index (χ3n) is 1.04. The van der Waals surface area contributed by atoms with Crippen LogP contribution in [0.2, 0.25) is 0 Å². The van der Waals surface area contributed by atoms with Gasteiger partial charge in [0.2, 0.25) is 0 Å². The molecule has 0 aliphatic heterocycles. The van der Waals surface area contributed by atoms with Crippen LogP contribution in [0.1, 0.15) is 13.3 Å². The molecule has 0 N–H and O–H groups in total. The Bertz CT molecular complexity index is 65.1. The molecule has 1 aliphatic rings. The van der Waals surface area contributed by atoms with Gasteiger partial charge in [0.15, 0.2) is 0 Å². The molecule has 1 saturated carbocycles. The molecule has 0 saturated heterocycles. The van der Waals surface area contributed by atoms with E-state index in [0.717, 1.165) is 6.61 Å². The summed E-state index contributed by atoms with van der Waals surface area (Å²) in [7, 11) is 0. The van der Waals surface area contributed by atoms with E-state index in [1.807, 2.05) is 6.92 Å². The van der Waals surface area contributed by atoms with Crippen molar-refractivity contribution < 1.29 is 4.74 Å². The molecular weight excluding hydrogens is 156 g/mol. The molecule has 0 bridgehead atoms. The summed E-state index contributed by atoms with van der Waals surface area (Å²) in [6, 6.07) is 0. The summed E-state index contributed by atoms with van der Waals surface area (Å²) in [6.45, 7) is 2.88. The molecule has 0 heterocycles. The predicted molar refractivity (Wildman–Crippen MR) is 32.7 cm³/mol. The summed E-state index contributed by atoms with van der Waals surface area (Å²) < 4.78 is 5.22. The van der Waals surface area contributed by atoms with Gasteiger partial charge < -0.3 is 4.74 Å². The fourth-order valence-electron chi connectivity index (χ4n) is 0.530. The first-order chi connectivity index (χ1) is 3.34. The molecule has 2 heteroatoms. The minimum atomic E-state index is 0.532. The minimum Gasteiger partial charge on any atom is -0.377 e. The Labute approximate surface area is 52.2 Å². The van der Waals surface area contributed by atoms with E-state index in [9.17, 15) is 0 Å². The predicted octanol–water partition coefficient (Wildman–Crippen LogP) is 1.56. The van der Waals surface area contributed by atoms with Crippen LogP contribution in [0, 0.1) is 0 Å². The minimum absolute atomic E-state index is 0.532. The van der Waals surface area contributed by atoms with Gasteiger partial charge in [-0.05, 0) is 13.3 Å². The molecule has 0 aromatic heterocycles. The van der Waals surface area contributed by atoms with Gasteiger partial charge >= 0.3 is 0 Å². The van der Waals surface area contributed by atoms with Crippen LogP contribution in [0.25, 0.3) is 0 Å². The second kappa shape index (κ2) is 2.14. The lowest BCUT2D eigenvalue weighted by atomic mass is 10.8. The normalized spacial score (nSPS) is 38.6. The standard InChI is InChI=1S/C5H9BrO/c1-2-7-5-3-4(5)6/h4-5H,2-3H2,1H3/t4-,5-/m0/s1. The number of hydrogen-bond donors (Lipinski definition) is 0. The van der Waals surface area contributed by atoms with Crippen LogP contribution in [0.5, 0.6) is 0 Å². The lowest BCUT2D eigenvalue weighted by Crippen LogP contribution is -1.93. The van der Waals surface area contributed by atoms with Crippen LogP contribution in [-0.2, 0) is 4.74 Å². The van der Waals surface area contributed by atoms with Crippen molar-refractivity contribution in [2.45, 2.75) is 24.3 Å². The second-order valence-corrected chi connectivity index (χ2v) is 2.92. The Kier molecular flexibility index (Phi) is 1.70. The molecule has 0 aromatic carbocycles. The first-order valence-corrected chi connectivity index (χ1v) is 3.52. The fourth-order valence-corrected chi connectivity index (χ4v) is 1.05. The van der Waals surface area contributed by atoms with E-state index in [1.165, 1.54) is 6.42 Å². The number of rotatable bonds is 2. The molecule has 42 valence electrons. The van der Waals surface area contributed by atoms with Crippen LogP contribution in [-0.4, -0.2) is 17.5 Å². The fraction of sp³-hybridized carbons (Fsp3) is 1.00. The maximum Gasteiger partial charge on any atom is 0.0712 e. The van der Waals surface area contributed by atoms with Crippen molar-refractivity contribution in [3.8, 4) is 0 Å². The van der Waals surface area contributed by atoms with Gasteiger partial charge in [-0.2, -0.15) is 0 Å². The lowest BCUT2D eigenvalue weighted by molar-refractivity contribution is 0.134. The van der Waals surface area contributed by atoms with Crippen LogP contribution >= 0.6 is 15.9 Å². The Balaban J connectivity index is 1.98. The van der Waals surface area contributed by atoms with Crippen molar-refractivity contribution in [3.05, 3.63) is 0 Å². The first kappa shape index (κ1) is 5.57. The van der Waals surface area contributed by atoms with Crippen LogP contribution < -0.4 is 0 Å². The third-order valence-corrected chi connectivity index (χ3v) is 2.00. The van der Waals surface area contributed by atoms with E-state index in [1.54, 1.807) is 0 Å². The molecule has 0 radical (unpaired) electrons. The number of ether oxygens (including phenoxy) is 1. The molecule has 1 nitrogen and oxygen atoms in total. The zero-order valence-corrected chi connectivity index (χ0v) is 5.94. The molecule has 7 heavy (non-hydrogen) atoms. The lowest BCUT2D eigenvalue weighted by Gasteiger charge is -1.91. The van der Waals surface area contributed by atoms with Gasteiger partial charge in [-0.1, -0.05) is 15.9 Å². The average Bonchev–Trinajstić information content (AvgIpc) is 2.22. The Hall–Kier alpha value is 0.440. The van der Waals surface area contributed by atoms with Gasteiger partial charge in [0.25, 0.3) is 0 Å². The van der Waals surface area contributed by atoms with Gasteiger partial charge in [0.1, 0.15) is 0 Å². The summed E-state index contributed by atoms with van der Waals surface area (Å²) in [5.41, 5.74) is 0. The molecule has 0 aromatic rings. The number of halogens is 1. The number of hydrogen-bond acceptors (Lipinski definition) is 1. The maximum absolute atomic E-state index is 5.22. The zero-order chi connectivity index (χ0) is 5.28. The average molecular weight is 165 g/mol. The van der Waals surface area contributed by atoms with E-state index >= 15 is 0 Å². The molecule has 1 rings (SSSR count). The van der Waals surface area contributed by atoms with Gasteiger partial charge in [0.05, 0.1) is 6.10 Å². The van der Waals surface area contributed by atoms with E-state index < -0.39 is 0 Å². The maximum atomic E-state index is 5.22. The van der Waals surface area contributed by atoms with Crippen molar-refractivity contribution >= 4 is 15.9 Å². The highest BCUT2D eigenvalue weighted by atomic mass is 79.9. The highest BCUT2D eigenvalue weighted by Gasteiger charge is 2.34. The second-order valence-electron chi connectivity index (χ2n) is 1.75. The first-order valence-electron chi connectivity index (χ1n) is 2.60. The van der Waals surface area contributed by atoms with Gasteiger partial charge in [0, 0.05) is 11.4 Å². The summed E-state index contributed by atoms with van der Waals surface area (Å²) in [4.78, 5) is 0.660. The van der Waals surface area contributed by atoms with Crippen molar-refractivity contribution in [1.82, 2.24) is 0 Å². The largest absolute Gasteiger partial charge is 0.377 e. The molecular formula is C5H9BrO. The van der Waals surface area contributed by atoms with Gasteiger partial charge in [-0.3, -0.25) is 0 Å². The summed E-state index contributed by atoms with van der Waals surface area (Å²) in [5.74, 6) is 0. The van der Waals surface area contributed by atoms with E-state index in [-0.39, 0.29) is 0 Å². The number of alkyl halides is 1. The Morgan fingerprint density at radius 1 is 1.86 bits per heavy atom. The molecule has 0 unspecified atom stereocenters. The topological polar surface area (TPSA) is 9.23 Å². The molecule has 1 fully saturated rings. The highest BCUT2D eigenvalue weighted by Crippen LogP contribution is 2.32. The van der Waals surface area contributed by atoms with E-state index in [4.69, 9.17) is 4.74 Å². The zero-order valence-electron chi connectivity index (χ0n) is 4.36. The monoisotopic (exact) mass is 164 g/mol. The molecule has 1 aliphatic carbocycles. The van der Waals surface area contributed by atoms with Crippen molar-refractivity contribution in [2.75, 3.05) is 6.61 Å². The molecule has 0 spiro atoms. The smallest absolute Gasteiger partial charge is 0.0712 e. The van der Waals surface area contributed by atoms with Crippen LogP contribution in [0.4, 0.5) is 0 Å². The van der Waals surface area contributed by atoms with Crippen molar-refractivity contribution in [2.24, 2.45) is 0 Å². The third kappa shape index (κ3) is 1.42. The SMILES string of the molecule is CCO[C@H]1C[C@@H]1Br. The quantitative estimate of drug-likeness (QED) is 0.564. The van der Waals surface area contributed by atoms with Crippen molar-refractivity contribution in [3.63, 3.8) is 0 Å². The highest BCUT2D eigenvalue weighted by molar-refractivity contribution is 9.09. The Morgan fingerprint density at radius 3 is 2.57 bits per heavy atom. The molecule has 0 amide bonds. The Morgan fingerprint density at radius 2 is 2.43 bits per heavy atom. The van der Waals surface area contributed by atoms with Gasteiger partial charge in [-0.15, -0.1) is 0 Å². The van der Waals surface area contributed by atoms with E-state index in [0.29, 0.717) is 10.9 Å². The van der Waals surface area contributed by atoms with Gasteiger partial charge in [-0.25, -0.2) is 0 Å². The van der Waals surface area contributed by atoms with E-state index in [2.05, 4.69) is 15.9 Å².